The lowest BCUT2D eigenvalue weighted by Crippen LogP contribution is -1.94. The number of hydrogen-bond acceptors (Lipinski definition) is 3. The van der Waals surface area contributed by atoms with Crippen LogP contribution in [0.5, 0.6) is 5.75 Å². The van der Waals surface area contributed by atoms with E-state index in [0.717, 1.165) is 5.69 Å². The van der Waals surface area contributed by atoms with Gasteiger partial charge in [-0.25, -0.2) is 9.37 Å². The van der Waals surface area contributed by atoms with Crippen LogP contribution in [0.2, 0.25) is 0 Å². The summed E-state index contributed by atoms with van der Waals surface area (Å²) in [7, 11) is 0. The van der Waals surface area contributed by atoms with Crippen molar-refractivity contribution >= 4 is 11.3 Å². The SMILES string of the molecule is CCOc1ccc(F)cc1-c1cscn1. The second-order valence-electron chi connectivity index (χ2n) is 2.95. The number of rotatable bonds is 3. The van der Waals surface area contributed by atoms with Crippen LogP contribution in [0.15, 0.2) is 29.1 Å². The summed E-state index contributed by atoms with van der Waals surface area (Å²) in [6.07, 6.45) is 0. The second kappa shape index (κ2) is 4.40. The van der Waals surface area contributed by atoms with E-state index in [1.54, 1.807) is 11.6 Å². The van der Waals surface area contributed by atoms with Crippen molar-refractivity contribution in [3.8, 4) is 17.0 Å². The number of aromatic nitrogens is 1. The van der Waals surface area contributed by atoms with Crippen molar-refractivity contribution in [2.45, 2.75) is 6.92 Å². The highest BCUT2D eigenvalue weighted by molar-refractivity contribution is 7.07. The molecular formula is C11H10FNOS. The molecule has 2 aromatic rings. The molecule has 0 aliphatic heterocycles. The Morgan fingerprint density at radius 2 is 2.33 bits per heavy atom. The van der Waals surface area contributed by atoms with Crippen molar-refractivity contribution in [3.05, 3.63) is 34.9 Å². The van der Waals surface area contributed by atoms with Gasteiger partial charge in [0.15, 0.2) is 0 Å². The van der Waals surface area contributed by atoms with Gasteiger partial charge in [-0.2, -0.15) is 0 Å². The molecule has 0 spiro atoms. The third-order valence-corrected chi connectivity index (χ3v) is 2.54. The Morgan fingerprint density at radius 1 is 1.47 bits per heavy atom. The molecule has 0 saturated carbocycles. The molecule has 2 nitrogen and oxygen atoms in total. The van der Waals surface area contributed by atoms with Gasteiger partial charge in [0.2, 0.25) is 0 Å². The summed E-state index contributed by atoms with van der Waals surface area (Å²) in [6, 6.07) is 4.47. The molecule has 0 atom stereocenters. The summed E-state index contributed by atoms with van der Waals surface area (Å²) in [6.45, 7) is 2.46. The Balaban J connectivity index is 2.47. The average molecular weight is 223 g/mol. The number of thiazole rings is 1. The van der Waals surface area contributed by atoms with Crippen LogP contribution < -0.4 is 4.74 Å². The highest BCUT2D eigenvalue weighted by Crippen LogP contribution is 2.30. The molecule has 15 heavy (non-hydrogen) atoms. The van der Waals surface area contributed by atoms with Gasteiger partial charge in [-0.05, 0) is 25.1 Å². The zero-order valence-corrected chi connectivity index (χ0v) is 9.05. The molecule has 0 amide bonds. The number of halogens is 1. The van der Waals surface area contributed by atoms with E-state index in [0.29, 0.717) is 17.9 Å². The zero-order valence-electron chi connectivity index (χ0n) is 8.24. The first-order valence-electron chi connectivity index (χ1n) is 4.62. The molecule has 0 unspecified atom stereocenters. The molecule has 2 rings (SSSR count). The minimum atomic E-state index is -0.276. The van der Waals surface area contributed by atoms with Gasteiger partial charge in [-0.3, -0.25) is 0 Å². The molecule has 0 bridgehead atoms. The predicted molar refractivity (Wildman–Crippen MR) is 58.7 cm³/mol. The molecule has 0 saturated heterocycles. The summed E-state index contributed by atoms with van der Waals surface area (Å²) >= 11 is 1.48. The number of ether oxygens (including phenoxy) is 1. The normalized spacial score (nSPS) is 10.3. The molecular weight excluding hydrogens is 213 g/mol. The van der Waals surface area contributed by atoms with Gasteiger partial charge in [0, 0.05) is 10.9 Å². The number of benzene rings is 1. The Morgan fingerprint density at radius 3 is 3.00 bits per heavy atom. The lowest BCUT2D eigenvalue weighted by molar-refractivity contribution is 0.341. The first-order chi connectivity index (χ1) is 7.31. The van der Waals surface area contributed by atoms with Crippen molar-refractivity contribution < 1.29 is 9.13 Å². The van der Waals surface area contributed by atoms with E-state index >= 15 is 0 Å². The van der Waals surface area contributed by atoms with Crippen LogP contribution in [0.1, 0.15) is 6.92 Å². The largest absolute Gasteiger partial charge is 0.493 e. The summed E-state index contributed by atoms with van der Waals surface area (Å²) in [5.74, 6) is 0.395. The van der Waals surface area contributed by atoms with Crippen molar-refractivity contribution in [3.63, 3.8) is 0 Å². The molecule has 4 heteroatoms. The maximum atomic E-state index is 13.1. The molecule has 1 heterocycles. The Kier molecular flexibility index (Phi) is 2.97. The van der Waals surface area contributed by atoms with Crippen molar-refractivity contribution in [1.29, 1.82) is 0 Å². The quantitative estimate of drug-likeness (QED) is 0.796. The van der Waals surface area contributed by atoms with E-state index < -0.39 is 0 Å². The van der Waals surface area contributed by atoms with Gasteiger partial charge >= 0.3 is 0 Å². The summed E-state index contributed by atoms with van der Waals surface area (Å²) in [5.41, 5.74) is 3.18. The van der Waals surface area contributed by atoms with E-state index in [-0.39, 0.29) is 5.82 Å². The summed E-state index contributed by atoms with van der Waals surface area (Å²) in [4.78, 5) is 4.14. The Hall–Kier alpha value is -1.42. The minimum absolute atomic E-state index is 0.276. The molecule has 0 fully saturated rings. The van der Waals surface area contributed by atoms with Crippen LogP contribution in [0.4, 0.5) is 4.39 Å². The summed E-state index contributed by atoms with van der Waals surface area (Å²) < 4.78 is 18.5. The van der Waals surface area contributed by atoms with Gasteiger partial charge in [-0.1, -0.05) is 0 Å². The molecule has 1 aromatic heterocycles. The fourth-order valence-electron chi connectivity index (χ4n) is 1.33. The fourth-order valence-corrected chi connectivity index (χ4v) is 1.88. The Labute approximate surface area is 91.4 Å². The highest BCUT2D eigenvalue weighted by Gasteiger charge is 2.08. The third kappa shape index (κ3) is 2.15. The van der Waals surface area contributed by atoms with Crippen LogP contribution in [0.25, 0.3) is 11.3 Å². The van der Waals surface area contributed by atoms with Gasteiger partial charge < -0.3 is 4.74 Å². The van der Waals surface area contributed by atoms with E-state index in [4.69, 9.17) is 4.74 Å². The maximum absolute atomic E-state index is 13.1. The third-order valence-electron chi connectivity index (χ3n) is 1.95. The molecule has 0 N–H and O–H groups in total. The van der Waals surface area contributed by atoms with E-state index in [1.165, 1.54) is 23.5 Å². The van der Waals surface area contributed by atoms with Crippen LogP contribution in [-0.4, -0.2) is 11.6 Å². The smallest absolute Gasteiger partial charge is 0.128 e. The predicted octanol–water partition coefficient (Wildman–Crippen LogP) is 3.35. The van der Waals surface area contributed by atoms with Crippen LogP contribution in [-0.2, 0) is 0 Å². The first kappa shape index (κ1) is 10.1. The second-order valence-corrected chi connectivity index (χ2v) is 3.67. The van der Waals surface area contributed by atoms with Crippen molar-refractivity contribution in [2.75, 3.05) is 6.61 Å². The van der Waals surface area contributed by atoms with E-state index in [1.807, 2.05) is 12.3 Å². The van der Waals surface area contributed by atoms with Crippen LogP contribution >= 0.6 is 11.3 Å². The first-order valence-corrected chi connectivity index (χ1v) is 5.56. The van der Waals surface area contributed by atoms with Crippen molar-refractivity contribution in [1.82, 2.24) is 4.98 Å². The van der Waals surface area contributed by atoms with Crippen LogP contribution in [0.3, 0.4) is 0 Å². The van der Waals surface area contributed by atoms with Gasteiger partial charge in [-0.15, -0.1) is 11.3 Å². The van der Waals surface area contributed by atoms with Gasteiger partial charge in [0.1, 0.15) is 11.6 Å². The molecule has 1 aromatic carbocycles. The van der Waals surface area contributed by atoms with Crippen LogP contribution in [0, 0.1) is 5.82 Å². The molecule has 0 radical (unpaired) electrons. The molecule has 78 valence electrons. The van der Waals surface area contributed by atoms with E-state index in [2.05, 4.69) is 4.98 Å². The molecule has 0 aliphatic carbocycles. The van der Waals surface area contributed by atoms with E-state index in [9.17, 15) is 4.39 Å². The standard InChI is InChI=1S/C11H10FNOS/c1-2-14-11-4-3-8(12)5-9(11)10-6-15-7-13-10/h3-7H,2H2,1H3. The fraction of sp³-hybridized carbons (Fsp3) is 0.182. The number of hydrogen-bond donors (Lipinski definition) is 0. The lowest BCUT2D eigenvalue weighted by Gasteiger charge is -2.07. The highest BCUT2D eigenvalue weighted by atomic mass is 32.1. The zero-order chi connectivity index (χ0) is 10.7. The molecule has 0 aliphatic rings. The maximum Gasteiger partial charge on any atom is 0.128 e. The number of nitrogens with zero attached hydrogens (tertiary/aromatic N) is 1. The minimum Gasteiger partial charge on any atom is -0.493 e. The monoisotopic (exact) mass is 223 g/mol. The average Bonchev–Trinajstić information content (AvgIpc) is 2.74. The van der Waals surface area contributed by atoms with Gasteiger partial charge in [0.25, 0.3) is 0 Å². The van der Waals surface area contributed by atoms with Gasteiger partial charge in [0.05, 0.1) is 17.8 Å². The lowest BCUT2D eigenvalue weighted by atomic mass is 10.1. The topological polar surface area (TPSA) is 22.1 Å². The summed E-state index contributed by atoms with van der Waals surface area (Å²) in [5, 5.41) is 1.87. The van der Waals surface area contributed by atoms with Crippen molar-refractivity contribution in [2.24, 2.45) is 0 Å². The Bertz CT molecular complexity index is 442.